The van der Waals surface area contributed by atoms with Gasteiger partial charge in [-0.3, -0.25) is 4.79 Å². The Labute approximate surface area is 126 Å². The molecule has 1 aromatic carbocycles. The summed E-state index contributed by atoms with van der Waals surface area (Å²) in [5.41, 5.74) is 5.84. The van der Waals surface area contributed by atoms with Crippen LogP contribution >= 0.6 is 23.4 Å². The van der Waals surface area contributed by atoms with E-state index in [1.165, 1.54) is 30.0 Å². The van der Waals surface area contributed by atoms with Gasteiger partial charge in [0.05, 0.1) is 22.0 Å². The number of anilines is 1. The topological polar surface area (TPSA) is 92.4 Å². The van der Waals surface area contributed by atoms with E-state index in [1.54, 1.807) is 0 Å². The van der Waals surface area contributed by atoms with Crippen molar-refractivity contribution in [3.8, 4) is 0 Å². The molecule has 1 rings (SSSR count). The molecular weight excluding hydrogens is 300 g/mol. The van der Waals surface area contributed by atoms with Crippen molar-refractivity contribution in [2.24, 2.45) is 5.73 Å². The number of carbonyl (C=O) groups excluding carboxylic acids is 1. The van der Waals surface area contributed by atoms with Crippen LogP contribution in [-0.4, -0.2) is 34.0 Å². The van der Waals surface area contributed by atoms with E-state index >= 15 is 0 Å². The Bertz CT molecular complexity index is 515. The minimum Gasteiger partial charge on any atom is -0.478 e. The number of aromatic carboxylic acids is 1. The third-order valence-corrected chi connectivity index (χ3v) is 3.94. The van der Waals surface area contributed by atoms with E-state index in [2.05, 4.69) is 5.32 Å². The summed E-state index contributed by atoms with van der Waals surface area (Å²) in [5, 5.41) is 11.8. The first-order chi connectivity index (χ1) is 9.19. The van der Waals surface area contributed by atoms with Gasteiger partial charge in [-0.2, -0.15) is 11.8 Å². The highest BCUT2D eigenvalue weighted by molar-refractivity contribution is 8.00. The first-order valence-corrected chi connectivity index (χ1v) is 7.41. The highest BCUT2D eigenvalue weighted by Gasteiger charge is 2.13. The number of halogens is 1. The molecule has 0 heterocycles. The van der Waals surface area contributed by atoms with Gasteiger partial charge in [0.2, 0.25) is 5.91 Å². The molecule has 1 amide bonds. The van der Waals surface area contributed by atoms with E-state index in [1.807, 2.05) is 13.8 Å². The second-order valence-electron chi connectivity index (χ2n) is 5.03. The summed E-state index contributed by atoms with van der Waals surface area (Å²) in [7, 11) is 0. The number of hydrogen-bond donors (Lipinski definition) is 3. The van der Waals surface area contributed by atoms with Crippen molar-refractivity contribution in [1.29, 1.82) is 0 Å². The lowest BCUT2D eigenvalue weighted by molar-refractivity contribution is -0.113. The van der Waals surface area contributed by atoms with Gasteiger partial charge in [0.25, 0.3) is 0 Å². The van der Waals surface area contributed by atoms with Crippen molar-refractivity contribution in [3.05, 3.63) is 28.8 Å². The van der Waals surface area contributed by atoms with Gasteiger partial charge in [-0.25, -0.2) is 4.79 Å². The van der Waals surface area contributed by atoms with E-state index in [-0.39, 0.29) is 22.8 Å². The summed E-state index contributed by atoms with van der Waals surface area (Å²) in [5.74, 6) is -0.447. The fourth-order valence-corrected chi connectivity index (χ4v) is 2.40. The number of nitrogens with two attached hydrogens (primary N) is 1. The fraction of sp³-hybridized carbons (Fsp3) is 0.385. The lowest BCUT2D eigenvalue weighted by Gasteiger charge is -2.17. The van der Waals surface area contributed by atoms with Gasteiger partial charge in [-0.1, -0.05) is 11.6 Å². The minimum atomic E-state index is -1.07. The summed E-state index contributed by atoms with van der Waals surface area (Å²) >= 11 is 7.32. The molecule has 0 saturated carbocycles. The van der Waals surface area contributed by atoms with E-state index in [0.717, 1.165) is 0 Å². The smallest absolute Gasteiger partial charge is 0.335 e. The van der Waals surface area contributed by atoms with Gasteiger partial charge in [0.15, 0.2) is 0 Å². The Morgan fingerprint density at radius 2 is 2.10 bits per heavy atom. The molecule has 20 heavy (non-hydrogen) atoms. The number of hydrogen-bond acceptors (Lipinski definition) is 4. The molecule has 0 bridgehead atoms. The number of nitrogens with one attached hydrogen (secondary N) is 1. The van der Waals surface area contributed by atoms with Gasteiger partial charge >= 0.3 is 5.97 Å². The molecule has 0 saturated heterocycles. The summed E-state index contributed by atoms with van der Waals surface area (Å²) in [4.78, 5) is 22.6. The van der Waals surface area contributed by atoms with Gasteiger partial charge in [-0.05, 0) is 32.0 Å². The van der Waals surface area contributed by atoms with Crippen molar-refractivity contribution in [1.82, 2.24) is 0 Å². The summed E-state index contributed by atoms with van der Waals surface area (Å²) < 4.78 is 0. The number of thioether (sulfide) groups is 1. The summed E-state index contributed by atoms with van der Waals surface area (Å²) in [6.45, 7) is 3.76. The Morgan fingerprint density at radius 1 is 1.45 bits per heavy atom. The molecule has 7 heteroatoms. The number of rotatable bonds is 6. The van der Waals surface area contributed by atoms with E-state index in [0.29, 0.717) is 16.5 Å². The molecule has 110 valence electrons. The number of benzene rings is 1. The lowest BCUT2D eigenvalue weighted by Crippen LogP contribution is -2.35. The Kier molecular flexibility index (Phi) is 5.86. The normalized spacial score (nSPS) is 11.2. The highest BCUT2D eigenvalue weighted by atomic mass is 35.5. The van der Waals surface area contributed by atoms with Gasteiger partial charge in [0.1, 0.15) is 0 Å². The number of carboxylic acid groups (broad SMARTS) is 1. The Hall–Kier alpha value is -1.24. The van der Waals surface area contributed by atoms with Crippen molar-refractivity contribution in [3.63, 3.8) is 0 Å². The second kappa shape index (κ2) is 6.97. The molecule has 0 aromatic heterocycles. The SMILES string of the molecule is CC(C)(N)CSCC(=O)Nc1cc(C(=O)O)ccc1Cl. The van der Waals surface area contributed by atoms with E-state index < -0.39 is 5.97 Å². The maximum absolute atomic E-state index is 11.8. The monoisotopic (exact) mass is 316 g/mol. The molecule has 0 atom stereocenters. The van der Waals surface area contributed by atoms with Gasteiger partial charge in [-0.15, -0.1) is 0 Å². The predicted molar refractivity (Wildman–Crippen MR) is 82.6 cm³/mol. The van der Waals surface area contributed by atoms with Crippen LogP contribution in [0.25, 0.3) is 0 Å². The first-order valence-electron chi connectivity index (χ1n) is 5.88. The molecule has 5 nitrogen and oxygen atoms in total. The minimum absolute atomic E-state index is 0.0699. The van der Waals surface area contributed by atoms with Crippen molar-refractivity contribution in [2.45, 2.75) is 19.4 Å². The van der Waals surface area contributed by atoms with Crippen LogP contribution < -0.4 is 11.1 Å². The molecule has 0 radical (unpaired) electrons. The van der Waals surface area contributed by atoms with Crippen LogP contribution in [0.2, 0.25) is 5.02 Å². The Morgan fingerprint density at radius 3 is 2.65 bits per heavy atom. The molecule has 0 aliphatic rings. The van der Waals surface area contributed by atoms with Crippen LogP contribution in [0.4, 0.5) is 5.69 Å². The first kappa shape index (κ1) is 16.8. The van der Waals surface area contributed by atoms with Crippen molar-refractivity contribution in [2.75, 3.05) is 16.8 Å². The maximum atomic E-state index is 11.8. The van der Waals surface area contributed by atoms with Crippen LogP contribution in [0.15, 0.2) is 18.2 Å². The largest absolute Gasteiger partial charge is 0.478 e. The molecule has 0 aliphatic heterocycles. The number of carbonyl (C=O) groups is 2. The van der Waals surface area contributed by atoms with Crippen LogP contribution in [0.5, 0.6) is 0 Å². The third-order valence-electron chi connectivity index (χ3n) is 2.19. The molecule has 1 aromatic rings. The average Bonchev–Trinajstić information content (AvgIpc) is 2.30. The maximum Gasteiger partial charge on any atom is 0.335 e. The number of amides is 1. The van der Waals surface area contributed by atoms with Gasteiger partial charge in [0, 0.05) is 11.3 Å². The molecule has 0 spiro atoms. The molecule has 0 unspecified atom stereocenters. The van der Waals surface area contributed by atoms with Crippen molar-refractivity contribution >= 4 is 40.9 Å². The fourth-order valence-electron chi connectivity index (χ4n) is 1.35. The summed E-state index contributed by atoms with van der Waals surface area (Å²) in [6.07, 6.45) is 0. The van der Waals surface area contributed by atoms with Crippen molar-refractivity contribution < 1.29 is 14.7 Å². The molecule has 0 aliphatic carbocycles. The molecular formula is C13H17ClN2O3S. The van der Waals surface area contributed by atoms with Crippen LogP contribution in [0, 0.1) is 0 Å². The highest BCUT2D eigenvalue weighted by Crippen LogP contribution is 2.23. The van der Waals surface area contributed by atoms with Crippen LogP contribution in [0.3, 0.4) is 0 Å². The second-order valence-corrected chi connectivity index (χ2v) is 6.42. The zero-order valence-electron chi connectivity index (χ0n) is 11.3. The van der Waals surface area contributed by atoms with E-state index in [9.17, 15) is 9.59 Å². The van der Waals surface area contributed by atoms with Gasteiger partial charge < -0.3 is 16.2 Å². The quantitative estimate of drug-likeness (QED) is 0.749. The zero-order chi connectivity index (χ0) is 15.3. The molecule has 0 fully saturated rings. The average molecular weight is 317 g/mol. The third kappa shape index (κ3) is 5.81. The van der Waals surface area contributed by atoms with Crippen LogP contribution in [0.1, 0.15) is 24.2 Å². The van der Waals surface area contributed by atoms with Crippen LogP contribution in [-0.2, 0) is 4.79 Å². The zero-order valence-corrected chi connectivity index (χ0v) is 12.8. The predicted octanol–water partition coefficient (Wildman–Crippen LogP) is 2.45. The van der Waals surface area contributed by atoms with E-state index in [4.69, 9.17) is 22.4 Å². The summed E-state index contributed by atoms with van der Waals surface area (Å²) in [6, 6.07) is 4.16. The number of carboxylic acids is 1. The molecule has 4 N–H and O–H groups in total. The standard InChI is InChI=1S/C13H17ClN2O3S/c1-13(2,15)7-20-6-11(17)16-10-5-8(12(18)19)3-4-9(10)14/h3-5H,6-7,15H2,1-2H3,(H,16,17)(H,18,19). The Balaban J connectivity index is 2.62. The lowest BCUT2D eigenvalue weighted by atomic mass is 10.1.